The third-order valence-corrected chi connectivity index (χ3v) is 4.02. The molecule has 1 aliphatic rings. The molecular formula is C18H20FN3O6. The summed E-state index contributed by atoms with van der Waals surface area (Å²) in [5.41, 5.74) is 0.381. The maximum atomic E-state index is 13.5. The lowest BCUT2D eigenvalue weighted by atomic mass is 10.1. The zero-order valence-corrected chi connectivity index (χ0v) is 14.9. The molecule has 10 heteroatoms. The summed E-state index contributed by atoms with van der Waals surface area (Å²) in [6.45, 7) is 2.73. The first kappa shape index (κ1) is 21.0. The maximum absolute atomic E-state index is 13.5. The summed E-state index contributed by atoms with van der Waals surface area (Å²) in [6, 6.07) is 6.43. The van der Waals surface area contributed by atoms with Crippen LogP contribution in [0, 0.1) is 11.7 Å². The number of aromatic amines is 1. The molecule has 1 aliphatic heterocycles. The molecule has 0 saturated carbocycles. The number of rotatable bonds is 5. The Labute approximate surface area is 159 Å². The van der Waals surface area contributed by atoms with E-state index < -0.39 is 11.9 Å². The molecule has 1 aromatic heterocycles. The fourth-order valence-electron chi connectivity index (χ4n) is 2.67. The predicted molar refractivity (Wildman–Crippen MR) is 95.4 cm³/mol. The fourth-order valence-corrected chi connectivity index (χ4v) is 2.67. The number of hydrogen-bond acceptors (Lipinski definition) is 6. The van der Waals surface area contributed by atoms with Crippen molar-refractivity contribution in [1.29, 1.82) is 0 Å². The summed E-state index contributed by atoms with van der Waals surface area (Å²) in [5, 5.41) is 14.8. The Bertz CT molecular complexity index is 860. The topological polar surface area (TPSA) is 133 Å². The maximum Gasteiger partial charge on any atom is 0.414 e. The van der Waals surface area contributed by atoms with Crippen LogP contribution >= 0.6 is 0 Å². The lowest BCUT2D eigenvalue weighted by Crippen LogP contribution is -2.26. The van der Waals surface area contributed by atoms with Gasteiger partial charge in [0.15, 0.2) is 11.6 Å². The Balaban J connectivity index is 0.000000409. The molecule has 0 aliphatic carbocycles. The number of carboxylic acids is 2. The molecule has 1 atom stereocenters. The standard InChI is InChI=1S/C16H18FN3O2.C2H2O4/c17-13-3-1-2-4-15(13)22-11-12-5-8-20(9-12)10-14-16(21)19-7-6-18-14;3-1(4)2(5)6/h1-4,6-7,12H,5,8-11H2,(H,19,21);(H,3,4)(H,5,6). The largest absolute Gasteiger partial charge is 0.490 e. The number of H-pyrrole nitrogens is 1. The molecule has 150 valence electrons. The molecule has 1 saturated heterocycles. The summed E-state index contributed by atoms with van der Waals surface area (Å²) in [5.74, 6) is -3.35. The van der Waals surface area contributed by atoms with Crippen LogP contribution in [-0.2, 0) is 16.1 Å². The average Bonchev–Trinajstić information content (AvgIpc) is 3.11. The van der Waals surface area contributed by atoms with E-state index in [4.69, 9.17) is 24.5 Å². The summed E-state index contributed by atoms with van der Waals surface area (Å²) < 4.78 is 19.0. The Morgan fingerprint density at radius 2 is 2.00 bits per heavy atom. The quantitative estimate of drug-likeness (QED) is 0.640. The van der Waals surface area contributed by atoms with E-state index in [2.05, 4.69) is 14.9 Å². The van der Waals surface area contributed by atoms with Gasteiger partial charge in [0.05, 0.1) is 6.61 Å². The Kier molecular flexibility index (Phi) is 7.64. The van der Waals surface area contributed by atoms with Crippen molar-refractivity contribution < 1.29 is 28.9 Å². The number of aromatic nitrogens is 2. The van der Waals surface area contributed by atoms with Crippen LogP contribution < -0.4 is 10.3 Å². The van der Waals surface area contributed by atoms with Crippen molar-refractivity contribution in [2.75, 3.05) is 19.7 Å². The van der Waals surface area contributed by atoms with E-state index in [0.29, 0.717) is 30.5 Å². The van der Waals surface area contributed by atoms with Crippen molar-refractivity contribution in [2.24, 2.45) is 5.92 Å². The monoisotopic (exact) mass is 393 g/mol. The van der Waals surface area contributed by atoms with Gasteiger partial charge in [-0.3, -0.25) is 14.7 Å². The van der Waals surface area contributed by atoms with Gasteiger partial charge < -0.3 is 19.9 Å². The van der Waals surface area contributed by atoms with Gasteiger partial charge in [-0.25, -0.2) is 14.0 Å². The minimum Gasteiger partial charge on any atom is -0.490 e. The van der Waals surface area contributed by atoms with Crippen molar-refractivity contribution in [1.82, 2.24) is 14.9 Å². The second-order valence-electron chi connectivity index (χ2n) is 6.11. The number of aliphatic carboxylic acids is 2. The molecule has 1 aromatic carbocycles. The average molecular weight is 393 g/mol. The van der Waals surface area contributed by atoms with E-state index in [1.165, 1.54) is 12.3 Å². The number of hydrogen-bond donors (Lipinski definition) is 3. The number of halogens is 1. The van der Waals surface area contributed by atoms with E-state index in [-0.39, 0.29) is 11.4 Å². The predicted octanol–water partition coefficient (Wildman–Crippen LogP) is 0.966. The molecule has 3 rings (SSSR count). The first-order chi connectivity index (χ1) is 13.4. The molecule has 9 nitrogen and oxygen atoms in total. The number of ether oxygens (including phenoxy) is 1. The van der Waals surface area contributed by atoms with E-state index in [1.54, 1.807) is 24.4 Å². The minimum atomic E-state index is -1.82. The molecule has 2 heterocycles. The Hall–Kier alpha value is -3.27. The molecule has 1 fully saturated rings. The van der Waals surface area contributed by atoms with E-state index >= 15 is 0 Å². The van der Waals surface area contributed by atoms with Crippen LogP contribution in [0.3, 0.4) is 0 Å². The summed E-state index contributed by atoms with van der Waals surface area (Å²) >= 11 is 0. The van der Waals surface area contributed by atoms with Gasteiger partial charge in [-0.2, -0.15) is 0 Å². The van der Waals surface area contributed by atoms with Gasteiger partial charge in [-0.15, -0.1) is 0 Å². The fraction of sp³-hybridized carbons (Fsp3) is 0.333. The van der Waals surface area contributed by atoms with E-state index in [1.807, 2.05) is 0 Å². The van der Waals surface area contributed by atoms with Crippen molar-refractivity contribution in [2.45, 2.75) is 13.0 Å². The zero-order valence-electron chi connectivity index (χ0n) is 14.9. The molecule has 0 radical (unpaired) electrons. The van der Waals surface area contributed by atoms with Gasteiger partial charge in [0.1, 0.15) is 5.69 Å². The number of carbonyl (C=O) groups is 2. The number of carboxylic acid groups (broad SMARTS) is 2. The summed E-state index contributed by atoms with van der Waals surface area (Å²) in [6.07, 6.45) is 4.09. The molecule has 0 spiro atoms. The molecule has 3 N–H and O–H groups in total. The Morgan fingerprint density at radius 3 is 2.64 bits per heavy atom. The smallest absolute Gasteiger partial charge is 0.414 e. The number of nitrogens with zero attached hydrogens (tertiary/aromatic N) is 2. The van der Waals surface area contributed by atoms with Crippen molar-refractivity contribution in [3.63, 3.8) is 0 Å². The zero-order chi connectivity index (χ0) is 20.5. The van der Waals surface area contributed by atoms with Gasteiger partial charge in [0, 0.05) is 31.4 Å². The highest BCUT2D eigenvalue weighted by atomic mass is 19.1. The highest BCUT2D eigenvalue weighted by Crippen LogP contribution is 2.21. The van der Waals surface area contributed by atoms with Gasteiger partial charge in [-0.05, 0) is 25.1 Å². The van der Waals surface area contributed by atoms with Crippen molar-refractivity contribution in [3.8, 4) is 5.75 Å². The second kappa shape index (κ2) is 10.2. The third kappa shape index (κ3) is 6.47. The molecule has 0 amide bonds. The van der Waals surface area contributed by atoms with Crippen molar-refractivity contribution in [3.05, 3.63) is 58.5 Å². The summed E-state index contributed by atoms with van der Waals surface area (Å²) in [4.78, 5) is 38.7. The van der Waals surface area contributed by atoms with E-state index in [9.17, 15) is 9.18 Å². The first-order valence-corrected chi connectivity index (χ1v) is 8.45. The number of para-hydroxylation sites is 1. The third-order valence-electron chi connectivity index (χ3n) is 4.02. The number of likely N-dealkylation sites (tertiary alicyclic amines) is 1. The van der Waals surface area contributed by atoms with Crippen LogP contribution in [0.5, 0.6) is 5.75 Å². The highest BCUT2D eigenvalue weighted by molar-refractivity contribution is 6.27. The second-order valence-corrected chi connectivity index (χ2v) is 6.11. The van der Waals surface area contributed by atoms with Crippen LogP contribution in [0.25, 0.3) is 0 Å². The van der Waals surface area contributed by atoms with Gasteiger partial charge in [-0.1, -0.05) is 12.1 Å². The molecule has 2 aromatic rings. The van der Waals surface area contributed by atoms with Gasteiger partial charge in [0.2, 0.25) is 0 Å². The molecule has 0 bridgehead atoms. The van der Waals surface area contributed by atoms with Crippen LogP contribution in [0.4, 0.5) is 4.39 Å². The lowest BCUT2D eigenvalue weighted by Gasteiger charge is -2.15. The number of benzene rings is 1. The van der Waals surface area contributed by atoms with Crippen LogP contribution in [0.15, 0.2) is 41.5 Å². The number of nitrogens with one attached hydrogen (secondary N) is 1. The first-order valence-electron chi connectivity index (χ1n) is 8.45. The van der Waals surface area contributed by atoms with Gasteiger partial charge in [0.25, 0.3) is 5.56 Å². The van der Waals surface area contributed by atoms with Crippen LogP contribution in [0.1, 0.15) is 12.1 Å². The van der Waals surface area contributed by atoms with Crippen LogP contribution in [-0.4, -0.2) is 56.7 Å². The minimum absolute atomic E-state index is 0.145. The Morgan fingerprint density at radius 1 is 1.29 bits per heavy atom. The molecular weight excluding hydrogens is 373 g/mol. The van der Waals surface area contributed by atoms with Crippen molar-refractivity contribution >= 4 is 11.9 Å². The van der Waals surface area contributed by atoms with E-state index in [0.717, 1.165) is 19.5 Å². The SMILES string of the molecule is O=C(O)C(=O)O.O=c1[nH]ccnc1CN1CCC(COc2ccccc2F)C1. The normalized spacial score (nSPS) is 16.1. The highest BCUT2D eigenvalue weighted by Gasteiger charge is 2.24. The lowest BCUT2D eigenvalue weighted by molar-refractivity contribution is -0.159. The van der Waals surface area contributed by atoms with Gasteiger partial charge >= 0.3 is 11.9 Å². The summed E-state index contributed by atoms with van der Waals surface area (Å²) in [7, 11) is 0. The molecule has 28 heavy (non-hydrogen) atoms. The van der Waals surface area contributed by atoms with Crippen LogP contribution in [0.2, 0.25) is 0 Å². The molecule has 1 unspecified atom stereocenters.